The van der Waals surface area contributed by atoms with Crippen molar-refractivity contribution in [3.8, 4) is 17.2 Å². The highest BCUT2D eigenvalue weighted by Gasteiger charge is 2.11. The van der Waals surface area contributed by atoms with E-state index in [1.54, 1.807) is 42.5 Å². The molecule has 3 aromatic carbocycles. The first kappa shape index (κ1) is 23.7. The zero-order valence-electron chi connectivity index (χ0n) is 17.2. The number of ether oxygens (including phenoxy) is 3. The van der Waals surface area contributed by atoms with Crippen LogP contribution >= 0.6 is 31.9 Å². The van der Waals surface area contributed by atoms with Crippen LogP contribution in [0.3, 0.4) is 0 Å². The second kappa shape index (κ2) is 11.1. The van der Waals surface area contributed by atoms with E-state index in [0.29, 0.717) is 31.8 Å². The third kappa shape index (κ3) is 6.08. The molecule has 3 rings (SSSR count). The third-order valence-electron chi connectivity index (χ3n) is 4.34. The molecule has 1 amide bonds. The number of nitrogens with one attached hydrogen (secondary N) is 1. The van der Waals surface area contributed by atoms with Crippen LogP contribution < -0.4 is 19.6 Å². The van der Waals surface area contributed by atoms with E-state index in [2.05, 4.69) is 42.4 Å². The molecule has 0 spiro atoms. The number of methoxy groups -OCH3 is 2. The average Bonchev–Trinajstić information content (AvgIpc) is 2.79. The Morgan fingerprint density at radius 3 is 2.28 bits per heavy atom. The molecular formula is C23H19Br2FN2O4. The van der Waals surface area contributed by atoms with Crippen molar-refractivity contribution in [1.82, 2.24) is 5.43 Å². The Kier molecular flexibility index (Phi) is 8.24. The Morgan fingerprint density at radius 1 is 1.00 bits per heavy atom. The standard InChI is InChI=1S/C23H19Br2FN2O4/c1-30-20-8-5-16(11-21(20)31-2)23(29)28-27-12-15-9-18(24)22(19(25)10-15)32-13-14-3-6-17(26)7-4-14/h3-12H,13H2,1-2H3,(H,28,29)/b27-12+. The largest absolute Gasteiger partial charge is 0.493 e. The van der Waals surface area contributed by atoms with Gasteiger partial charge in [-0.25, -0.2) is 9.82 Å². The minimum absolute atomic E-state index is 0.284. The van der Waals surface area contributed by atoms with E-state index in [9.17, 15) is 9.18 Å². The number of rotatable bonds is 8. The summed E-state index contributed by atoms with van der Waals surface area (Å²) in [5.41, 5.74) is 4.43. The second-order valence-electron chi connectivity index (χ2n) is 6.50. The van der Waals surface area contributed by atoms with Crippen molar-refractivity contribution in [3.63, 3.8) is 0 Å². The first-order chi connectivity index (χ1) is 15.4. The second-order valence-corrected chi connectivity index (χ2v) is 8.21. The lowest BCUT2D eigenvalue weighted by Gasteiger charge is -2.11. The van der Waals surface area contributed by atoms with Gasteiger partial charge in [-0.15, -0.1) is 0 Å². The predicted octanol–water partition coefficient (Wildman–Crippen LogP) is 5.71. The molecule has 9 heteroatoms. The molecule has 0 radical (unpaired) electrons. The Bertz CT molecular complexity index is 1110. The summed E-state index contributed by atoms with van der Waals surface area (Å²) < 4.78 is 30.6. The molecule has 0 aliphatic rings. The molecule has 0 saturated carbocycles. The van der Waals surface area contributed by atoms with Crippen LogP contribution in [0.1, 0.15) is 21.5 Å². The number of carbonyl (C=O) groups is 1. The molecule has 32 heavy (non-hydrogen) atoms. The zero-order valence-corrected chi connectivity index (χ0v) is 20.4. The number of hydrazone groups is 1. The van der Waals surface area contributed by atoms with Crippen molar-refractivity contribution in [2.45, 2.75) is 6.61 Å². The molecule has 0 saturated heterocycles. The summed E-state index contributed by atoms with van der Waals surface area (Å²) in [4.78, 5) is 12.3. The quantitative estimate of drug-likeness (QED) is 0.280. The van der Waals surface area contributed by atoms with E-state index in [1.165, 1.54) is 32.6 Å². The van der Waals surface area contributed by atoms with Gasteiger partial charge in [-0.2, -0.15) is 5.10 Å². The lowest BCUT2D eigenvalue weighted by Crippen LogP contribution is -2.17. The summed E-state index contributed by atoms with van der Waals surface area (Å²) in [7, 11) is 3.03. The molecule has 0 atom stereocenters. The summed E-state index contributed by atoms with van der Waals surface area (Å²) in [6.07, 6.45) is 1.51. The van der Waals surface area contributed by atoms with E-state index < -0.39 is 0 Å². The van der Waals surface area contributed by atoms with Gasteiger partial charge >= 0.3 is 0 Å². The topological polar surface area (TPSA) is 69.2 Å². The highest BCUT2D eigenvalue weighted by molar-refractivity contribution is 9.11. The lowest BCUT2D eigenvalue weighted by atomic mass is 10.2. The first-order valence-electron chi connectivity index (χ1n) is 9.33. The molecule has 0 aliphatic carbocycles. The highest BCUT2D eigenvalue weighted by Crippen LogP contribution is 2.35. The summed E-state index contributed by atoms with van der Waals surface area (Å²) >= 11 is 6.96. The fourth-order valence-electron chi connectivity index (χ4n) is 2.74. The molecule has 166 valence electrons. The Labute approximate surface area is 201 Å². The molecular weight excluding hydrogens is 547 g/mol. The molecule has 0 aliphatic heterocycles. The van der Waals surface area contributed by atoms with E-state index >= 15 is 0 Å². The predicted molar refractivity (Wildman–Crippen MR) is 127 cm³/mol. The van der Waals surface area contributed by atoms with Gasteiger partial charge in [0.2, 0.25) is 0 Å². The Hall–Kier alpha value is -2.91. The van der Waals surface area contributed by atoms with E-state index in [1.807, 2.05) is 0 Å². The van der Waals surface area contributed by atoms with Crippen LogP contribution in [-0.2, 0) is 6.61 Å². The van der Waals surface area contributed by atoms with Crippen LogP contribution in [0.4, 0.5) is 4.39 Å². The minimum Gasteiger partial charge on any atom is -0.493 e. The maximum atomic E-state index is 13.0. The van der Waals surface area contributed by atoms with Gasteiger partial charge in [-0.05, 0) is 85.5 Å². The molecule has 0 heterocycles. The molecule has 3 aromatic rings. The van der Waals surface area contributed by atoms with Crippen LogP contribution in [0, 0.1) is 5.82 Å². The van der Waals surface area contributed by atoms with Crippen LogP contribution in [-0.4, -0.2) is 26.3 Å². The Balaban J connectivity index is 1.64. The highest BCUT2D eigenvalue weighted by atomic mass is 79.9. The van der Waals surface area contributed by atoms with Crippen LogP contribution in [0.15, 0.2) is 68.6 Å². The van der Waals surface area contributed by atoms with E-state index in [0.717, 1.165) is 11.1 Å². The summed E-state index contributed by atoms with van der Waals surface area (Å²) in [6.45, 7) is 0.284. The number of nitrogens with zero attached hydrogens (tertiary/aromatic N) is 1. The molecule has 0 fully saturated rings. The van der Waals surface area contributed by atoms with Crippen molar-refractivity contribution in [2.75, 3.05) is 14.2 Å². The zero-order chi connectivity index (χ0) is 23.1. The average molecular weight is 566 g/mol. The van der Waals surface area contributed by atoms with Gasteiger partial charge in [-0.1, -0.05) is 12.1 Å². The van der Waals surface area contributed by atoms with Gasteiger partial charge in [0.25, 0.3) is 5.91 Å². The van der Waals surface area contributed by atoms with Crippen LogP contribution in [0.25, 0.3) is 0 Å². The monoisotopic (exact) mass is 564 g/mol. The Morgan fingerprint density at radius 2 is 1.66 bits per heavy atom. The fraction of sp³-hybridized carbons (Fsp3) is 0.130. The SMILES string of the molecule is COc1ccc(C(=O)N/N=C/c2cc(Br)c(OCc3ccc(F)cc3)c(Br)c2)cc1OC. The van der Waals surface area contributed by atoms with E-state index in [-0.39, 0.29) is 18.3 Å². The van der Waals surface area contributed by atoms with E-state index in [4.69, 9.17) is 14.2 Å². The van der Waals surface area contributed by atoms with Crippen molar-refractivity contribution < 1.29 is 23.4 Å². The van der Waals surface area contributed by atoms with Gasteiger partial charge < -0.3 is 14.2 Å². The van der Waals surface area contributed by atoms with Crippen molar-refractivity contribution >= 4 is 44.0 Å². The van der Waals surface area contributed by atoms with Crippen LogP contribution in [0.5, 0.6) is 17.2 Å². The van der Waals surface area contributed by atoms with Gasteiger partial charge in [0, 0.05) is 5.56 Å². The molecule has 0 aromatic heterocycles. The number of hydrogen-bond acceptors (Lipinski definition) is 5. The number of benzene rings is 3. The molecule has 0 unspecified atom stereocenters. The number of hydrogen-bond donors (Lipinski definition) is 1. The molecule has 0 bridgehead atoms. The molecule has 6 nitrogen and oxygen atoms in total. The minimum atomic E-state index is -0.389. The smallest absolute Gasteiger partial charge is 0.271 e. The normalized spacial score (nSPS) is 10.8. The van der Waals surface area contributed by atoms with Gasteiger partial charge in [-0.3, -0.25) is 4.79 Å². The summed E-state index contributed by atoms with van der Waals surface area (Å²) in [6, 6.07) is 14.6. The fourth-order valence-corrected chi connectivity index (χ4v) is 4.19. The van der Waals surface area contributed by atoms with Crippen molar-refractivity contribution in [3.05, 3.63) is 86.1 Å². The van der Waals surface area contributed by atoms with Gasteiger partial charge in [0.15, 0.2) is 11.5 Å². The first-order valence-corrected chi connectivity index (χ1v) is 10.9. The van der Waals surface area contributed by atoms with Crippen molar-refractivity contribution in [2.24, 2.45) is 5.10 Å². The van der Waals surface area contributed by atoms with Crippen LogP contribution in [0.2, 0.25) is 0 Å². The molecule has 1 N–H and O–H groups in total. The lowest BCUT2D eigenvalue weighted by molar-refractivity contribution is 0.0954. The van der Waals surface area contributed by atoms with Gasteiger partial charge in [0.1, 0.15) is 18.2 Å². The maximum absolute atomic E-state index is 13.0. The maximum Gasteiger partial charge on any atom is 0.271 e. The van der Waals surface area contributed by atoms with Crippen molar-refractivity contribution in [1.29, 1.82) is 0 Å². The number of carbonyl (C=O) groups excluding carboxylic acids is 1. The summed E-state index contributed by atoms with van der Waals surface area (Å²) in [5.74, 6) is 0.899. The number of amides is 1. The summed E-state index contributed by atoms with van der Waals surface area (Å²) in [5, 5.41) is 4.02. The number of halogens is 3. The van der Waals surface area contributed by atoms with Gasteiger partial charge in [0.05, 0.1) is 29.4 Å². The third-order valence-corrected chi connectivity index (χ3v) is 5.52.